The van der Waals surface area contributed by atoms with E-state index in [2.05, 4.69) is 36.0 Å². The van der Waals surface area contributed by atoms with Crippen LogP contribution >= 0.6 is 0 Å². The van der Waals surface area contributed by atoms with Crippen molar-refractivity contribution in [1.82, 2.24) is 9.88 Å². The van der Waals surface area contributed by atoms with Crippen molar-refractivity contribution in [3.8, 4) is 0 Å². The lowest BCUT2D eigenvalue weighted by molar-refractivity contribution is 0.138. The molecule has 3 heteroatoms. The Morgan fingerprint density at radius 3 is 2.59 bits per heavy atom. The standard InChI is InChI=1S/C14H23N3/c1-11(14-5-3-4-10-16-14)17(2)13-8-6-12(15)7-9-13/h3-5,10-13H,6-9,15H2,1-2H3. The molecule has 1 aromatic heterocycles. The maximum Gasteiger partial charge on any atom is 0.0572 e. The van der Waals surface area contributed by atoms with E-state index in [4.69, 9.17) is 5.73 Å². The van der Waals surface area contributed by atoms with E-state index in [0.717, 1.165) is 18.5 Å². The SMILES string of the molecule is CC(c1ccccn1)N(C)C1CCC(N)CC1. The predicted octanol–water partition coefficient (Wildman–Crippen LogP) is 2.34. The monoisotopic (exact) mass is 233 g/mol. The molecule has 2 rings (SSSR count). The Morgan fingerprint density at radius 1 is 1.29 bits per heavy atom. The van der Waals surface area contributed by atoms with E-state index in [1.54, 1.807) is 0 Å². The van der Waals surface area contributed by atoms with Gasteiger partial charge in [-0.05, 0) is 51.8 Å². The second kappa shape index (κ2) is 5.61. The number of pyridine rings is 1. The Balaban J connectivity index is 1.98. The molecule has 94 valence electrons. The minimum Gasteiger partial charge on any atom is -0.328 e. The predicted molar refractivity (Wildman–Crippen MR) is 70.6 cm³/mol. The van der Waals surface area contributed by atoms with E-state index in [9.17, 15) is 0 Å². The summed E-state index contributed by atoms with van der Waals surface area (Å²) in [6, 6.07) is 7.60. The lowest BCUT2D eigenvalue weighted by Crippen LogP contribution is -2.40. The Morgan fingerprint density at radius 2 is 2.00 bits per heavy atom. The quantitative estimate of drug-likeness (QED) is 0.871. The molecule has 3 nitrogen and oxygen atoms in total. The van der Waals surface area contributed by atoms with Gasteiger partial charge in [-0.2, -0.15) is 0 Å². The van der Waals surface area contributed by atoms with Gasteiger partial charge in [-0.3, -0.25) is 9.88 Å². The van der Waals surface area contributed by atoms with Crippen molar-refractivity contribution in [2.75, 3.05) is 7.05 Å². The summed E-state index contributed by atoms with van der Waals surface area (Å²) >= 11 is 0. The second-order valence-electron chi connectivity index (χ2n) is 5.16. The van der Waals surface area contributed by atoms with Gasteiger partial charge in [0.25, 0.3) is 0 Å². The van der Waals surface area contributed by atoms with Crippen molar-refractivity contribution in [3.63, 3.8) is 0 Å². The number of nitrogens with zero attached hydrogens (tertiary/aromatic N) is 2. The van der Waals surface area contributed by atoms with Crippen LogP contribution in [-0.4, -0.2) is 29.0 Å². The molecule has 0 radical (unpaired) electrons. The first-order valence-corrected chi connectivity index (χ1v) is 6.57. The maximum atomic E-state index is 5.95. The topological polar surface area (TPSA) is 42.2 Å². The Hall–Kier alpha value is -0.930. The van der Waals surface area contributed by atoms with Crippen molar-refractivity contribution < 1.29 is 0 Å². The third-order valence-electron chi connectivity index (χ3n) is 4.04. The average molecular weight is 233 g/mol. The Kier molecular flexibility index (Phi) is 4.13. The van der Waals surface area contributed by atoms with Gasteiger partial charge in [0, 0.05) is 24.3 Å². The highest BCUT2D eigenvalue weighted by atomic mass is 15.2. The lowest BCUT2D eigenvalue weighted by Gasteiger charge is -2.36. The van der Waals surface area contributed by atoms with Gasteiger partial charge >= 0.3 is 0 Å². The van der Waals surface area contributed by atoms with Crippen LogP contribution in [0.15, 0.2) is 24.4 Å². The smallest absolute Gasteiger partial charge is 0.0572 e. The van der Waals surface area contributed by atoms with Crippen LogP contribution < -0.4 is 5.73 Å². The molecule has 0 bridgehead atoms. The van der Waals surface area contributed by atoms with Crippen LogP contribution in [0.25, 0.3) is 0 Å². The fraction of sp³-hybridized carbons (Fsp3) is 0.643. The first kappa shape index (κ1) is 12.5. The molecule has 0 saturated heterocycles. The Bertz CT molecular complexity index is 331. The van der Waals surface area contributed by atoms with Crippen molar-refractivity contribution >= 4 is 0 Å². The van der Waals surface area contributed by atoms with Gasteiger partial charge in [0.2, 0.25) is 0 Å². The summed E-state index contributed by atoms with van der Waals surface area (Å²) in [7, 11) is 2.21. The highest BCUT2D eigenvalue weighted by molar-refractivity contribution is 5.08. The zero-order valence-corrected chi connectivity index (χ0v) is 10.8. The first-order valence-electron chi connectivity index (χ1n) is 6.57. The van der Waals surface area contributed by atoms with E-state index in [0.29, 0.717) is 18.1 Å². The summed E-state index contributed by atoms with van der Waals surface area (Å²) in [5, 5.41) is 0. The number of hydrogen-bond donors (Lipinski definition) is 1. The summed E-state index contributed by atoms with van der Waals surface area (Å²) in [6.45, 7) is 2.23. The van der Waals surface area contributed by atoms with Crippen LogP contribution in [0.2, 0.25) is 0 Å². The number of nitrogens with two attached hydrogens (primary N) is 1. The molecule has 1 aliphatic rings. The molecule has 1 heterocycles. The zero-order valence-electron chi connectivity index (χ0n) is 10.8. The summed E-state index contributed by atoms with van der Waals surface area (Å²) in [6.07, 6.45) is 6.62. The van der Waals surface area contributed by atoms with Crippen molar-refractivity contribution in [3.05, 3.63) is 30.1 Å². The van der Waals surface area contributed by atoms with E-state index in [1.165, 1.54) is 12.8 Å². The summed E-state index contributed by atoms with van der Waals surface area (Å²) in [5.41, 5.74) is 7.11. The fourth-order valence-electron chi connectivity index (χ4n) is 2.66. The van der Waals surface area contributed by atoms with Gasteiger partial charge in [0.05, 0.1) is 5.69 Å². The molecule has 2 N–H and O–H groups in total. The summed E-state index contributed by atoms with van der Waals surface area (Å²) in [4.78, 5) is 6.90. The van der Waals surface area contributed by atoms with E-state index < -0.39 is 0 Å². The molecular formula is C14H23N3. The third kappa shape index (κ3) is 3.05. The zero-order chi connectivity index (χ0) is 12.3. The molecule has 17 heavy (non-hydrogen) atoms. The fourth-order valence-corrected chi connectivity index (χ4v) is 2.66. The highest BCUT2D eigenvalue weighted by Crippen LogP contribution is 2.27. The molecule has 0 aliphatic heterocycles. The number of aromatic nitrogens is 1. The molecule has 0 spiro atoms. The maximum absolute atomic E-state index is 5.95. The Labute approximate surface area is 104 Å². The minimum atomic E-state index is 0.385. The largest absolute Gasteiger partial charge is 0.328 e. The number of rotatable bonds is 3. The molecular weight excluding hydrogens is 210 g/mol. The summed E-state index contributed by atoms with van der Waals surface area (Å²) in [5.74, 6) is 0. The van der Waals surface area contributed by atoms with Gasteiger partial charge in [-0.25, -0.2) is 0 Å². The van der Waals surface area contributed by atoms with Gasteiger partial charge < -0.3 is 5.73 Å². The van der Waals surface area contributed by atoms with E-state index in [-0.39, 0.29) is 0 Å². The molecule has 1 aliphatic carbocycles. The summed E-state index contributed by atoms with van der Waals surface area (Å²) < 4.78 is 0. The van der Waals surface area contributed by atoms with Crippen LogP contribution in [0.1, 0.15) is 44.3 Å². The molecule has 1 unspecified atom stereocenters. The normalized spacial score (nSPS) is 27.1. The lowest BCUT2D eigenvalue weighted by atomic mass is 9.90. The van der Waals surface area contributed by atoms with Gasteiger partial charge in [-0.15, -0.1) is 0 Å². The third-order valence-corrected chi connectivity index (χ3v) is 4.04. The average Bonchev–Trinajstić information content (AvgIpc) is 2.39. The minimum absolute atomic E-state index is 0.385. The van der Waals surface area contributed by atoms with Crippen LogP contribution in [0.5, 0.6) is 0 Å². The van der Waals surface area contributed by atoms with Crippen LogP contribution in [0, 0.1) is 0 Å². The number of hydrogen-bond acceptors (Lipinski definition) is 3. The van der Waals surface area contributed by atoms with E-state index >= 15 is 0 Å². The van der Waals surface area contributed by atoms with Crippen LogP contribution in [0.4, 0.5) is 0 Å². The van der Waals surface area contributed by atoms with Gasteiger partial charge in [-0.1, -0.05) is 6.07 Å². The molecule has 0 aromatic carbocycles. The molecule has 1 saturated carbocycles. The molecule has 1 aromatic rings. The van der Waals surface area contributed by atoms with Crippen molar-refractivity contribution in [2.24, 2.45) is 5.73 Å². The highest BCUT2D eigenvalue weighted by Gasteiger charge is 2.25. The van der Waals surface area contributed by atoms with Gasteiger partial charge in [0.1, 0.15) is 0 Å². The van der Waals surface area contributed by atoms with Crippen LogP contribution in [0.3, 0.4) is 0 Å². The molecule has 1 fully saturated rings. The molecule has 0 amide bonds. The van der Waals surface area contributed by atoms with Crippen LogP contribution in [-0.2, 0) is 0 Å². The molecule has 1 atom stereocenters. The van der Waals surface area contributed by atoms with E-state index in [1.807, 2.05) is 12.3 Å². The van der Waals surface area contributed by atoms with Gasteiger partial charge in [0.15, 0.2) is 0 Å². The second-order valence-corrected chi connectivity index (χ2v) is 5.16. The van der Waals surface area contributed by atoms with Crippen molar-refractivity contribution in [1.29, 1.82) is 0 Å². The first-order chi connectivity index (χ1) is 8.18. The van der Waals surface area contributed by atoms with Crippen molar-refractivity contribution in [2.45, 2.75) is 50.7 Å².